The van der Waals surface area contributed by atoms with Gasteiger partial charge in [-0.05, 0) is 30.2 Å². The highest BCUT2D eigenvalue weighted by Crippen LogP contribution is 2.31. The standard InChI is InChI=1S/C8H6N4O2S3/c1-15-7-11-12-8(17-7)16-5-3-2-4(6(13)14)9-10-5/h2-3H,1H3,(H,13,14). The molecule has 6 nitrogen and oxygen atoms in total. The molecule has 2 heterocycles. The van der Waals surface area contributed by atoms with Crippen LogP contribution in [-0.4, -0.2) is 37.7 Å². The second kappa shape index (κ2) is 5.43. The van der Waals surface area contributed by atoms with Gasteiger partial charge in [0.25, 0.3) is 0 Å². The SMILES string of the molecule is CSc1nnc(Sc2ccc(C(=O)O)nn2)s1. The third-order valence-corrected chi connectivity index (χ3v) is 4.49. The van der Waals surface area contributed by atoms with Gasteiger partial charge in [0, 0.05) is 0 Å². The van der Waals surface area contributed by atoms with Crippen LogP contribution in [0.5, 0.6) is 0 Å². The first kappa shape index (κ1) is 12.3. The van der Waals surface area contributed by atoms with E-state index in [1.54, 1.807) is 6.07 Å². The fraction of sp³-hybridized carbons (Fsp3) is 0.125. The molecule has 88 valence electrons. The molecular formula is C8H6N4O2S3. The normalized spacial score (nSPS) is 10.4. The Hall–Kier alpha value is -1.19. The molecule has 2 rings (SSSR count). The second-order valence-corrected chi connectivity index (χ2v) is 6.00. The van der Waals surface area contributed by atoms with Crippen molar-refractivity contribution in [2.24, 2.45) is 0 Å². The zero-order chi connectivity index (χ0) is 12.3. The molecular weight excluding hydrogens is 280 g/mol. The molecule has 0 atom stereocenters. The maximum Gasteiger partial charge on any atom is 0.356 e. The molecule has 0 saturated heterocycles. The molecule has 17 heavy (non-hydrogen) atoms. The van der Waals surface area contributed by atoms with Gasteiger partial charge in [0.15, 0.2) is 14.4 Å². The van der Waals surface area contributed by atoms with Gasteiger partial charge in [-0.25, -0.2) is 4.79 Å². The number of carboxylic acid groups (broad SMARTS) is 1. The van der Waals surface area contributed by atoms with Crippen molar-refractivity contribution in [1.29, 1.82) is 0 Å². The maximum absolute atomic E-state index is 10.6. The van der Waals surface area contributed by atoms with Gasteiger partial charge in [-0.1, -0.05) is 23.1 Å². The second-order valence-electron chi connectivity index (χ2n) is 2.70. The summed E-state index contributed by atoms with van der Waals surface area (Å²) >= 11 is 4.29. The molecule has 2 aromatic rings. The molecule has 0 amide bonds. The number of aromatic nitrogens is 4. The number of hydrogen-bond donors (Lipinski definition) is 1. The zero-order valence-electron chi connectivity index (χ0n) is 8.52. The molecule has 0 fully saturated rings. The van der Waals surface area contributed by atoms with Crippen molar-refractivity contribution >= 4 is 40.8 Å². The van der Waals surface area contributed by atoms with Crippen LogP contribution in [0.2, 0.25) is 0 Å². The number of hydrogen-bond acceptors (Lipinski definition) is 8. The summed E-state index contributed by atoms with van der Waals surface area (Å²) < 4.78 is 1.63. The van der Waals surface area contributed by atoms with Crippen molar-refractivity contribution < 1.29 is 9.90 Å². The number of carboxylic acids is 1. The van der Waals surface area contributed by atoms with E-state index in [0.717, 1.165) is 8.68 Å². The van der Waals surface area contributed by atoms with Gasteiger partial charge in [0.05, 0.1) is 0 Å². The summed E-state index contributed by atoms with van der Waals surface area (Å²) in [6.45, 7) is 0. The minimum Gasteiger partial charge on any atom is -0.476 e. The Morgan fingerprint density at radius 1 is 1.24 bits per heavy atom. The van der Waals surface area contributed by atoms with E-state index in [1.165, 1.54) is 40.9 Å². The quantitative estimate of drug-likeness (QED) is 0.852. The van der Waals surface area contributed by atoms with E-state index in [1.807, 2.05) is 6.26 Å². The van der Waals surface area contributed by atoms with Crippen LogP contribution in [0.1, 0.15) is 10.5 Å². The lowest BCUT2D eigenvalue weighted by atomic mass is 10.4. The smallest absolute Gasteiger partial charge is 0.356 e. The number of aromatic carboxylic acids is 1. The lowest BCUT2D eigenvalue weighted by Crippen LogP contribution is -2.01. The van der Waals surface area contributed by atoms with Gasteiger partial charge in [0.2, 0.25) is 0 Å². The summed E-state index contributed by atoms with van der Waals surface area (Å²) in [5.74, 6) is -1.09. The van der Waals surface area contributed by atoms with Gasteiger partial charge in [0.1, 0.15) is 5.03 Å². The Balaban J connectivity index is 2.10. The molecule has 0 spiro atoms. The molecule has 2 aromatic heterocycles. The van der Waals surface area contributed by atoms with Gasteiger partial charge in [-0.3, -0.25) is 0 Å². The molecule has 0 aromatic carbocycles. The van der Waals surface area contributed by atoms with E-state index < -0.39 is 5.97 Å². The highest BCUT2D eigenvalue weighted by atomic mass is 32.2. The van der Waals surface area contributed by atoms with E-state index in [-0.39, 0.29) is 5.69 Å². The minimum absolute atomic E-state index is 0.0728. The van der Waals surface area contributed by atoms with Crippen LogP contribution in [0.15, 0.2) is 25.8 Å². The molecule has 0 saturated carbocycles. The third kappa shape index (κ3) is 3.14. The van der Waals surface area contributed by atoms with Crippen LogP contribution >= 0.6 is 34.9 Å². The van der Waals surface area contributed by atoms with E-state index in [9.17, 15) is 4.79 Å². The van der Waals surface area contributed by atoms with Gasteiger partial charge < -0.3 is 5.11 Å². The van der Waals surface area contributed by atoms with Crippen molar-refractivity contribution in [3.05, 3.63) is 17.8 Å². The van der Waals surface area contributed by atoms with Crippen molar-refractivity contribution in [3.8, 4) is 0 Å². The minimum atomic E-state index is -1.09. The van der Waals surface area contributed by atoms with Crippen molar-refractivity contribution in [2.75, 3.05) is 6.26 Å². The Labute approximate surface area is 109 Å². The summed E-state index contributed by atoms with van der Waals surface area (Å²) in [7, 11) is 0. The summed E-state index contributed by atoms with van der Waals surface area (Å²) in [6, 6.07) is 3.01. The van der Waals surface area contributed by atoms with Gasteiger partial charge in [-0.2, -0.15) is 0 Å². The Kier molecular flexibility index (Phi) is 3.92. The largest absolute Gasteiger partial charge is 0.476 e. The van der Waals surface area contributed by atoms with Crippen LogP contribution < -0.4 is 0 Å². The van der Waals surface area contributed by atoms with Crippen LogP contribution in [-0.2, 0) is 0 Å². The highest BCUT2D eigenvalue weighted by Gasteiger charge is 2.09. The number of rotatable bonds is 4. The van der Waals surface area contributed by atoms with Crippen LogP contribution in [0.4, 0.5) is 0 Å². The first-order chi connectivity index (χ1) is 8.19. The zero-order valence-corrected chi connectivity index (χ0v) is 11.0. The van der Waals surface area contributed by atoms with Crippen LogP contribution in [0, 0.1) is 0 Å². The fourth-order valence-corrected chi connectivity index (χ4v) is 3.20. The number of thioether (sulfide) groups is 1. The summed E-state index contributed by atoms with van der Waals surface area (Å²) in [6.07, 6.45) is 1.93. The van der Waals surface area contributed by atoms with E-state index in [0.29, 0.717) is 5.03 Å². The van der Waals surface area contributed by atoms with Crippen LogP contribution in [0.3, 0.4) is 0 Å². The fourth-order valence-electron chi connectivity index (χ4n) is 0.899. The van der Waals surface area contributed by atoms with Crippen molar-refractivity contribution in [2.45, 2.75) is 13.7 Å². The molecule has 0 unspecified atom stereocenters. The first-order valence-corrected chi connectivity index (χ1v) is 7.17. The summed E-state index contributed by atoms with van der Waals surface area (Å²) in [4.78, 5) is 10.6. The molecule has 1 N–H and O–H groups in total. The maximum atomic E-state index is 10.6. The first-order valence-electron chi connectivity index (χ1n) is 4.31. The van der Waals surface area contributed by atoms with E-state index in [4.69, 9.17) is 5.11 Å². The highest BCUT2D eigenvalue weighted by molar-refractivity contribution is 8.02. The lowest BCUT2D eigenvalue weighted by Gasteiger charge is -1.95. The predicted molar refractivity (Wildman–Crippen MR) is 64.8 cm³/mol. The van der Waals surface area contributed by atoms with Crippen molar-refractivity contribution in [1.82, 2.24) is 20.4 Å². The molecule has 9 heteroatoms. The topological polar surface area (TPSA) is 88.9 Å². The lowest BCUT2D eigenvalue weighted by molar-refractivity contribution is 0.0689. The number of carbonyl (C=O) groups is 1. The molecule has 0 aliphatic rings. The van der Waals surface area contributed by atoms with Gasteiger partial charge >= 0.3 is 5.97 Å². The Bertz CT molecular complexity index is 528. The molecule has 0 bridgehead atoms. The monoisotopic (exact) mass is 286 g/mol. The molecule has 0 aliphatic heterocycles. The Morgan fingerprint density at radius 3 is 2.53 bits per heavy atom. The summed E-state index contributed by atoms with van der Waals surface area (Å²) in [5, 5.41) is 24.6. The average Bonchev–Trinajstić information content (AvgIpc) is 2.77. The number of nitrogens with zero attached hydrogens (tertiary/aromatic N) is 4. The van der Waals surface area contributed by atoms with Gasteiger partial charge in [-0.15, -0.1) is 20.4 Å². The Morgan fingerprint density at radius 2 is 2.00 bits per heavy atom. The predicted octanol–water partition coefficient (Wildman–Crippen LogP) is 1.90. The molecule has 0 aliphatic carbocycles. The van der Waals surface area contributed by atoms with E-state index >= 15 is 0 Å². The average molecular weight is 286 g/mol. The van der Waals surface area contributed by atoms with Crippen molar-refractivity contribution in [3.63, 3.8) is 0 Å². The summed E-state index contributed by atoms with van der Waals surface area (Å²) in [5.41, 5.74) is -0.0728. The van der Waals surface area contributed by atoms with E-state index in [2.05, 4.69) is 20.4 Å². The van der Waals surface area contributed by atoms with Crippen LogP contribution in [0.25, 0.3) is 0 Å². The third-order valence-electron chi connectivity index (χ3n) is 1.61. The molecule has 0 radical (unpaired) electrons.